The molecule has 0 aromatic rings. The van der Waals surface area contributed by atoms with Crippen molar-refractivity contribution >= 4 is 86.9 Å². The Balaban J connectivity index is 0. The van der Waals surface area contributed by atoms with E-state index in [1.54, 1.807) is 0 Å². The molecule has 0 nitrogen and oxygen atoms in total. The fourth-order valence-corrected chi connectivity index (χ4v) is 0. The summed E-state index contributed by atoms with van der Waals surface area (Å²) in [4.78, 5) is 0. The van der Waals surface area contributed by atoms with Crippen molar-refractivity contribution in [1.82, 2.24) is 0 Å². The lowest BCUT2D eigenvalue weighted by Gasteiger charge is -1.70. The Labute approximate surface area is 92.2 Å². The fraction of sp³-hybridized carbons (Fsp3) is 1.00. The van der Waals surface area contributed by atoms with E-state index < -0.39 is 3.75 Å². The van der Waals surface area contributed by atoms with E-state index in [0.717, 1.165) is 0 Å². The molecule has 6 heteroatoms. The molecule has 0 spiro atoms. The van der Waals surface area contributed by atoms with Gasteiger partial charge in [-0.05, 0) is 0 Å². The van der Waals surface area contributed by atoms with E-state index in [-0.39, 0.29) is 2.65 Å². The average molecular weight is 417 g/mol. The van der Waals surface area contributed by atoms with Gasteiger partial charge in [-0.2, -0.15) is 0 Å². The molecule has 52 valence electrons. The number of halogens is 6. The minimum absolute atomic E-state index is 0.271. The van der Waals surface area contributed by atoms with Crippen LogP contribution in [0.3, 0.4) is 0 Å². The molecule has 0 saturated heterocycles. The van der Waals surface area contributed by atoms with Crippen molar-refractivity contribution < 1.29 is 0 Å². The number of rotatable bonds is 0. The molecule has 0 aromatic carbocycles. The first kappa shape index (κ1) is 13.1. The topological polar surface area (TPSA) is 0 Å². The van der Waals surface area contributed by atoms with E-state index in [0.29, 0.717) is 0 Å². The van der Waals surface area contributed by atoms with Crippen LogP contribution in [0.15, 0.2) is 0 Å². The number of alkyl halides is 6. The second kappa shape index (κ2) is 9.50. The predicted molar refractivity (Wildman–Crippen MR) is 55.0 cm³/mol. The Bertz CT molecular complexity index is 27.5. The molecule has 0 aromatic heterocycles. The van der Waals surface area contributed by atoms with Crippen LogP contribution >= 0.6 is 86.9 Å². The van der Waals surface area contributed by atoms with Gasteiger partial charge < -0.3 is 0 Å². The fourth-order valence-electron chi connectivity index (χ4n) is 0. The van der Waals surface area contributed by atoms with Crippen molar-refractivity contribution in [1.29, 1.82) is 0 Å². The molecule has 0 saturated carbocycles. The second-order valence-corrected chi connectivity index (χ2v) is 9.99. The molecule has 0 rings (SSSR count). The van der Waals surface area contributed by atoms with Crippen LogP contribution in [-0.2, 0) is 0 Å². The molecule has 0 amide bonds. The minimum atomic E-state index is -0.410. The maximum absolute atomic E-state index is 4.96. The first-order chi connectivity index (χ1) is 3.46. The normalized spacial score (nSPS) is 9.00. The highest BCUT2D eigenvalue weighted by atomic mass is 80.0. The van der Waals surface area contributed by atoms with Crippen LogP contribution in [-0.4, -0.2) is 6.39 Å². The van der Waals surface area contributed by atoms with Crippen molar-refractivity contribution in [3.63, 3.8) is 0 Å². The molecular formula is C2H2Br4Cl2. The van der Waals surface area contributed by atoms with Crippen LogP contribution < -0.4 is 0 Å². The molecule has 0 unspecified atom stereocenters. The van der Waals surface area contributed by atoms with E-state index in [2.05, 4.69) is 63.7 Å². The van der Waals surface area contributed by atoms with Crippen LogP contribution in [0.4, 0.5) is 0 Å². The monoisotopic (exact) mass is 412 g/mol. The van der Waals surface area contributed by atoms with E-state index in [9.17, 15) is 0 Å². The number of hydrogen-bond acceptors (Lipinski definition) is 0. The quantitative estimate of drug-likeness (QED) is 0.507. The lowest BCUT2D eigenvalue weighted by Crippen LogP contribution is -1.53. The van der Waals surface area contributed by atoms with Crippen LogP contribution in [0, 0.1) is 0 Å². The molecule has 0 N–H and O–H groups in total. The highest BCUT2D eigenvalue weighted by molar-refractivity contribution is 9.38. The molecule has 0 heterocycles. The van der Waals surface area contributed by atoms with Crippen LogP contribution in [0.5, 0.6) is 0 Å². The zero-order valence-corrected chi connectivity index (χ0v) is 11.3. The summed E-state index contributed by atoms with van der Waals surface area (Å²) in [6.45, 7) is 0. The van der Waals surface area contributed by atoms with E-state index in [1.807, 2.05) is 0 Å². The van der Waals surface area contributed by atoms with Crippen molar-refractivity contribution in [2.75, 3.05) is 0 Å². The van der Waals surface area contributed by atoms with Gasteiger partial charge in [0.2, 0.25) is 0 Å². The van der Waals surface area contributed by atoms with Gasteiger partial charge in [-0.1, -0.05) is 86.9 Å². The first-order valence-corrected chi connectivity index (χ1v) is 5.84. The summed E-state index contributed by atoms with van der Waals surface area (Å²) in [7, 11) is 0. The molecule has 0 atom stereocenters. The Hall–Kier alpha value is 2.50. The van der Waals surface area contributed by atoms with Gasteiger partial charge in [-0.25, -0.2) is 0 Å². The largest absolute Gasteiger partial charge is 0.162 e. The maximum atomic E-state index is 4.96. The van der Waals surface area contributed by atoms with Crippen LogP contribution in [0.1, 0.15) is 0 Å². The summed E-state index contributed by atoms with van der Waals surface area (Å²) in [5, 5.41) is 0. The summed E-state index contributed by atoms with van der Waals surface area (Å²) >= 11 is 22.0. The number of hydrogen-bond donors (Lipinski definition) is 0. The van der Waals surface area contributed by atoms with E-state index in [4.69, 9.17) is 23.2 Å². The van der Waals surface area contributed by atoms with Crippen LogP contribution in [0.25, 0.3) is 0 Å². The van der Waals surface area contributed by atoms with Crippen molar-refractivity contribution in [2.24, 2.45) is 0 Å². The summed E-state index contributed by atoms with van der Waals surface area (Å²) in [5.41, 5.74) is 0. The molecule has 8 heavy (non-hydrogen) atoms. The third-order valence-electron chi connectivity index (χ3n) is 0. The zero-order chi connectivity index (χ0) is 7.15. The highest BCUT2D eigenvalue weighted by Gasteiger charge is 1.78. The van der Waals surface area contributed by atoms with Gasteiger partial charge in [0.1, 0.15) is 2.65 Å². The SMILES string of the molecule is BrC(Br)Br.ClC(Cl)Br. The van der Waals surface area contributed by atoms with Gasteiger partial charge in [-0.3, -0.25) is 0 Å². The molecule has 0 aliphatic heterocycles. The second-order valence-electron chi connectivity index (χ2n) is 0.495. The molecule has 0 bridgehead atoms. The Morgan fingerprint density at radius 3 is 0.875 bits per heavy atom. The Kier molecular flexibility index (Phi) is 15.6. The average Bonchev–Trinajstić information content (AvgIpc) is 1.25. The minimum Gasteiger partial charge on any atom is -0.0926 e. The van der Waals surface area contributed by atoms with Crippen LogP contribution in [0.2, 0.25) is 0 Å². The molecule has 0 radical (unpaired) electrons. The third-order valence-corrected chi connectivity index (χ3v) is 0. The summed E-state index contributed by atoms with van der Waals surface area (Å²) in [6.07, 6.45) is 0. The highest BCUT2D eigenvalue weighted by Crippen LogP contribution is 2.13. The van der Waals surface area contributed by atoms with E-state index in [1.165, 1.54) is 0 Å². The van der Waals surface area contributed by atoms with Crippen molar-refractivity contribution in [3.8, 4) is 0 Å². The lowest BCUT2D eigenvalue weighted by molar-refractivity contribution is 2.06. The summed E-state index contributed by atoms with van der Waals surface area (Å²) in [5.74, 6) is 0. The van der Waals surface area contributed by atoms with Crippen molar-refractivity contribution in [2.45, 2.75) is 6.39 Å². The maximum Gasteiger partial charge on any atom is 0.162 e. The standard InChI is InChI=1S/CHBr3.CHBrCl2/c2*2-1(3)4/h2*1H. The van der Waals surface area contributed by atoms with Gasteiger partial charge >= 0.3 is 0 Å². The Morgan fingerprint density at radius 2 is 0.875 bits per heavy atom. The third kappa shape index (κ3) is 76.5. The first-order valence-electron chi connectivity index (χ1n) is 1.31. The van der Waals surface area contributed by atoms with E-state index >= 15 is 0 Å². The van der Waals surface area contributed by atoms with Crippen molar-refractivity contribution in [3.05, 3.63) is 0 Å². The smallest absolute Gasteiger partial charge is 0.0926 e. The summed E-state index contributed by atoms with van der Waals surface area (Å²) < 4.78 is -0.139. The molecule has 0 aliphatic carbocycles. The molecule has 0 aliphatic rings. The predicted octanol–water partition coefficient (Wildman–Crippen LogP) is 4.60. The van der Waals surface area contributed by atoms with Gasteiger partial charge in [-0.15, -0.1) is 0 Å². The summed E-state index contributed by atoms with van der Waals surface area (Å²) in [6, 6.07) is 0. The van der Waals surface area contributed by atoms with Gasteiger partial charge in [0.05, 0.1) is 0 Å². The van der Waals surface area contributed by atoms with Gasteiger partial charge in [0.15, 0.2) is 3.75 Å². The molecule has 0 fully saturated rings. The Morgan fingerprint density at radius 1 is 0.875 bits per heavy atom. The molecular weight excluding hydrogens is 415 g/mol. The zero-order valence-electron chi connectivity index (χ0n) is 3.42. The van der Waals surface area contributed by atoms with Gasteiger partial charge in [0, 0.05) is 0 Å². The lowest BCUT2D eigenvalue weighted by atomic mass is 11.9. The van der Waals surface area contributed by atoms with Gasteiger partial charge in [0.25, 0.3) is 0 Å².